The Morgan fingerprint density at radius 2 is 1.78 bits per heavy atom. The predicted molar refractivity (Wildman–Crippen MR) is 97.3 cm³/mol. The normalized spacial score (nSPS) is 19.4. The van der Waals surface area contributed by atoms with Crippen molar-refractivity contribution in [3.05, 3.63) is 59.9 Å². The summed E-state index contributed by atoms with van der Waals surface area (Å²) in [5.74, 6) is -2.01. The summed E-state index contributed by atoms with van der Waals surface area (Å²) >= 11 is 0. The SMILES string of the molecule is C[C@H]1CS(=O)(=O)N(c2ccc(S(=O)(=O)NCc3ccccc3F)cc2)C1=O. The summed E-state index contributed by atoms with van der Waals surface area (Å²) < 4.78 is 65.5. The summed E-state index contributed by atoms with van der Waals surface area (Å²) in [7, 11) is -7.70. The maximum atomic E-state index is 13.6. The topological polar surface area (TPSA) is 101 Å². The Morgan fingerprint density at radius 3 is 2.33 bits per heavy atom. The monoisotopic (exact) mass is 412 g/mol. The lowest BCUT2D eigenvalue weighted by atomic mass is 10.2. The Balaban J connectivity index is 1.80. The van der Waals surface area contributed by atoms with E-state index in [9.17, 15) is 26.0 Å². The van der Waals surface area contributed by atoms with Crippen molar-refractivity contribution in [3.63, 3.8) is 0 Å². The minimum absolute atomic E-state index is 0.0809. The fourth-order valence-corrected chi connectivity index (χ4v) is 5.57. The molecule has 0 saturated carbocycles. The van der Waals surface area contributed by atoms with Crippen LogP contribution >= 0.6 is 0 Å². The molecule has 2 aromatic carbocycles. The second-order valence-corrected chi connectivity index (χ2v) is 9.82. The minimum Gasteiger partial charge on any atom is -0.273 e. The molecule has 0 bridgehead atoms. The lowest BCUT2D eigenvalue weighted by Crippen LogP contribution is -2.30. The van der Waals surface area contributed by atoms with Crippen molar-refractivity contribution in [1.29, 1.82) is 0 Å². The lowest BCUT2D eigenvalue weighted by Gasteiger charge is -2.15. The van der Waals surface area contributed by atoms with E-state index in [0.29, 0.717) is 4.31 Å². The van der Waals surface area contributed by atoms with Gasteiger partial charge < -0.3 is 0 Å². The smallest absolute Gasteiger partial charge is 0.244 e. The van der Waals surface area contributed by atoms with Gasteiger partial charge >= 0.3 is 0 Å². The molecule has 1 fully saturated rings. The third kappa shape index (κ3) is 3.87. The third-order valence-corrected chi connectivity index (χ3v) is 7.44. The molecule has 1 saturated heterocycles. The van der Waals surface area contributed by atoms with Crippen LogP contribution in [0, 0.1) is 11.7 Å². The van der Waals surface area contributed by atoms with Crippen molar-refractivity contribution in [3.8, 4) is 0 Å². The molecule has 7 nitrogen and oxygen atoms in total. The van der Waals surface area contributed by atoms with Gasteiger partial charge in [0, 0.05) is 12.1 Å². The molecule has 144 valence electrons. The first-order chi connectivity index (χ1) is 12.6. The minimum atomic E-state index is -3.94. The molecule has 3 rings (SSSR count). The van der Waals surface area contributed by atoms with Crippen molar-refractivity contribution in [2.24, 2.45) is 5.92 Å². The molecule has 1 heterocycles. The Morgan fingerprint density at radius 1 is 1.15 bits per heavy atom. The van der Waals surface area contributed by atoms with Crippen LogP contribution < -0.4 is 9.03 Å². The van der Waals surface area contributed by atoms with Gasteiger partial charge in [0.1, 0.15) is 5.82 Å². The van der Waals surface area contributed by atoms with Crippen LogP contribution in [-0.2, 0) is 31.4 Å². The van der Waals surface area contributed by atoms with Gasteiger partial charge in [-0.3, -0.25) is 4.79 Å². The number of halogens is 1. The maximum Gasteiger partial charge on any atom is 0.244 e. The van der Waals surface area contributed by atoms with Crippen LogP contribution in [-0.4, -0.2) is 28.5 Å². The highest BCUT2D eigenvalue weighted by atomic mass is 32.2. The van der Waals surface area contributed by atoms with Crippen LogP contribution in [0.4, 0.5) is 10.1 Å². The first kappa shape index (κ1) is 19.5. The molecular weight excluding hydrogens is 395 g/mol. The summed E-state index contributed by atoms with van der Waals surface area (Å²) in [5, 5.41) is 0. The molecule has 10 heteroatoms. The number of nitrogens with one attached hydrogen (secondary N) is 1. The van der Waals surface area contributed by atoms with Crippen molar-refractivity contribution in [1.82, 2.24) is 4.72 Å². The van der Waals surface area contributed by atoms with Crippen LogP contribution in [0.15, 0.2) is 53.4 Å². The number of sulfonamides is 2. The number of anilines is 1. The highest BCUT2D eigenvalue weighted by Crippen LogP contribution is 2.29. The Bertz CT molecular complexity index is 1080. The van der Waals surface area contributed by atoms with E-state index in [1.807, 2.05) is 0 Å². The van der Waals surface area contributed by atoms with Crippen molar-refractivity contribution >= 4 is 31.6 Å². The summed E-state index contributed by atoms with van der Waals surface area (Å²) in [6.07, 6.45) is 0. The van der Waals surface area contributed by atoms with E-state index in [2.05, 4.69) is 4.72 Å². The second kappa shape index (κ2) is 7.02. The van der Waals surface area contributed by atoms with Crippen LogP contribution in [0.5, 0.6) is 0 Å². The highest BCUT2D eigenvalue weighted by molar-refractivity contribution is 7.94. The molecule has 1 amide bonds. The van der Waals surface area contributed by atoms with Gasteiger partial charge in [0.05, 0.1) is 22.3 Å². The van der Waals surface area contributed by atoms with Crippen molar-refractivity contribution in [2.45, 2.75) is 18.4 Å². The van der Waals surface area contributed by atoms with E-state index in [-0.39, 0.29) is 28.4 Å². The average Bonchev–Trinajstić information content (AvgIpc) is 2.81. The summed E-state index contributed by atoms with van der Waals surface area (Å²) in [4.78, 5) is 11.9. The van der Waals surface area contributed by atoms with Gasteiger partial charge in [-0.2, -0.15) is 0 Å². The quantitative estimate of drug-likeness (QED) is 0.804. The molecule has 0 radical (unpaired) electrons. The van der Waals surface area contributed by atoms with Gasteiger partial charge in [-0.1, -0.05) is 25.1 Å². The van der Waals surface area contributed by atoms with Crippen LogP contribution in [0.2, 0.25) is 0 Å². The molecule has 1 atom stereocenters. The molecule has 1 N–H and O–H groups in total. The zero-order valence-corrected chi connectivity index (χ0v) is 15.9. The Kier molecular flexibility index (Phi) is 5.06. The highest BCUT2D eigenvalue weighted by Gasteiger charge is 2.41. The number of carbonyl (C=O) groups is 1. The summed E-state index contributed by atoms with van der Waals surface area (Å²) in [5.41, 5.74) is 0.276. The standard InChI is InChI=1S/C17H17FN2O5S2/c1-12-11-26(22,23)20(17(12)21)14-6-8-15(9-7-14)27(24,25)19-10-13-4-2-3-5-16(13)18/h2-9,12,19H,10-11H2,1H3/t12-/m0/s1. The molecule has 1 aliphatic heterocycles. The van der Waals surface area contributed by atoms with Gasteiger partial charge in [-0.15, -0.1) is 0 Å². The number of benzene rings is 2. The number of amides is 1. The number of hydrogen-bond donors (Lipinski definition) is 1. The van der Waals surface area contributed by atoms with E-state index < -0.39 is 37.7 Å². The van der Waals surface area contributed by atoms with E-state index in [4.69, 9.17) is 0 Å². The Labute approximate surface area is 156 Å². The van der Waals surface area contributed by atoms with Gasteiger partial charge in [-0.05, 0) is 30.3 Å². The van der Waals surface area contributed by atoms with E-state index in [0.717, 1.165) is 0 Å². The fraction of sp³-hybridized carbons (Fsp3) is 0.235. The summed E-state index contributed by atoms with van der Waals surface area (Å²) in [6, 6.07) is 10.7. The van der Waals surface area contributed by atoms with Gasteiger partial charge in [-0.25, -0.2) is 30.3 Å². The molecule has 27 heavy (non-hydrogen) atoms. The van der Waals surface area contributed by atoms with Crippen LogP contribution in [0.25, 0.3) is 0 Å². The zero-order chi connectivity index (χ0) is 19.8. The van der Waals surface area contributed by atoms with Gasteiger partial charge in [0.15, 0.2) is 0 Å². The van der Waals surface area contributed by atoms with Crippen LogP contribution in [0.3, 0.4) is 0 Å². The Hall–Kier alpha value is -2.30. The molecule has 0 aromatic heterocycles. The van der Waals surface area contributed by atoms with Crippen molar-refractivity contribution < 1.29 is 26.0 Å². The molecule has 0 aliphatic carbocycles. The first-order valence-electron chi connectivity index (χ1n) is 8.02. The van der Waals surface area contributed by atoms with Crippen LogP contribution in [0.1, 0.15) is 12.5 Å². The molecule has 1 aliphatic rings. The first-order valence-corrected chi connectivity index (χ1v) is 11.1. The molecular formula is C17H17FN2O5S2. The molecule has 2 aromatic rings. The predicted octanol–water partition coefficient (Wildman–Crippen LogP) is 1.62. The lowest BCUT2D eigenvalue weighted by molar-refractivity contribution is -0.119. The second-order valence-electron chi connectivity index (χ2n) is 6.19. The fourth-order valence-electron chi connectivity index (χ4n) is 2.75. The number of nitrogens with zero attached hydrogens (tertiary/aromatic N) is 1. The molecule has 0 unspecified atom stereocenters. The van der Waals surface area contributed by atoms with E-state index in [1.54, 1.807) is 6.07 Å². The number of hydrogen-bond acceptors (Lipinski definition) is 5. The zero-order valence-electron chi connectivity index (χ0n) is 14.3. The van der Waals surface area contributed by atoms with Gasteiger partial charge in [0.2, 0.25) is 26.0 Å². The van der Waals surface area contributed by atoms with Crippen molar-refractivity contribution in [2.75, 3.05) is 10.1 Å². The van der Waals surface area contributed by atoms with E-state index in [1.165, 1.54) is 49.4 Å². The average molecular weight is 412 g/mol. The number of carbonyl (C=O) groups excluding carboxylic acids is 1. The van der Waals surface area contributed by atoms with E-state index >= 15 is 0 Å². The molecule has 0 spiro atoms. The maximum absolute atomic E-state index is 13.6. The summed E-state index contributed by atoms with van der Waals surface area (Å²) in [6.45, 7) is 1.29. The van der Waals surface area contributed by atoms with Gasteiger partial charge in [0.25, 0.3) is 0 Å². The largest absolute Gasteiger partial charge is 0.273 e. The third-order valence-electron chi connectivity index (χ3n) is 4.15. The number of rotatable bonds is 5.